The smallest absolute Gasteiger partial charge is 0.161 e. The van der Waals surface area contributed by atoms with Gasteiger partial charge in [0.1, 0.15) is 17.7 Å². The second-order valence-corrected chi connectivity index (χ2v) is 7.70. The van der Waals surface area contributed by atoms with Gasteiger partial charge >= 0.3 is 0 Å². The summed E-state index contributed by atoms with van der Waals surface area (Å²) in [6, 6.07) is 4.17. The van der Waals surface area contributed by atoms with Crippen molar-refractivity contribution in [3.05, 3.63) is 41.1 Å². The lowest BCUT2D eigenvalue weighted by Crippen LogP contribution is -2.31. The molecule has 0 fully saturated rings. The molecule has 7 nitrogen and oxygen atoms in total. The van der Waals surface area contributed by atoms with Gasteiger partial charge in [-0.1, -0.05) is 13.8 Å². The number of hydrogen-bond donors (Lipinski definition) is 0. The Labute approximate surface area is 165 Å². The number of anilines is 1. The van der Waals surface area contributed by atoms with Crippen molar-refractivity contribution >= 4 is 11.3 Å². The fourth-order valence-corrected chi connectivity index (χ4v) is 3.96. The summed E-state index contributed by atoms with van der Waals surface area (Å²) in [6.07, 6.45) is 3.46. The van der Waals surface area contributed by atoms with Crippen molar-refractivity contribution in [1.82, 2.24) is 19.6 Å². The second-order valence-electron chi connectivity index (χ2n) is 7.70. The van der Waals surface area contributed by atoms with Gasteiger partial charge in [0.2, 0.25) is 0 Å². The molecule has 0 atom stereocenters. The van der Waals surface area contributed by atoms with Gasteiger partial charge in [-0.15, -0.1) is 0 Å². The number of imidazole rings is 1. The van der Waals surface area contributed by atoms with Gasteiger partial charge in [0.15, 0.2) is 17.3 Å². The zero-order chi connectivity index (χ0) is 19.8. The van der Waals surface area contributed by atoms with Gasteiger partial charge < -0.3 is 14.4 Å². The van der Waals surface area contributed by atoms with Crippen LogP contribution in [0.5, 0.6) is 11.5 Å². The summed E-state index contributed by atoms with van der Waals surface area (Å²) in [6.45, 7) is 8.08. The third-order valence-electron chi connectivity index (χ3n) is 5.27. The molecule has 1 aromatic carbocycles. The zero-order valence-corrected chi connectivity index (χ0v) is 17.2. The molecule has 0 aliphatic carbocycles. The number of fused-ring (bicyclic) bond motifs is 2. The van der Waals surface area contributed by atoms with E-state index in [4.69, 9.17) is 14.5 Å². The Kier molecular flexibility index (Phi) is 4.83. The summed E-state index contributed by atoms with van der Waals surface area (Å²) in [7, 11) is 3.35. The predicted molar refractivity (Wildman–Crippen MR) is 108 cm³/mol. The van der Waals surface area contributed by atoms with Crippen LogP contribution in [0.2, 0.25) is 0 Å². The minimum Gasteiger partial charge on any atom is -0.493 e. The van der Waals surface area contributed by atoms with E-state index >= 15 is 0 Å². The van der Waals surface area contributed by atoms with E-state index in [1.165, 1.54) is 11.1 Å². The van der Waals surface area contributed by atoms with Crippen LogP contribution in [0.25, 0.3) is 5.52 Å². The van der Waals surface area contributed by atoms with Crippen molar-refractivity contribution < 1.29 is 9.47 Å². The molecule has 148 valence electrons. The molecule has 0 amide bonds. The van der Waals surface area contributed by atoms with Gasteiger partial charge in [-0.25, -0.2) is 14.5 Å². The van der Waals surface area contributed by atoms with E-state index in [2.05, 4.69) is 41.0 Å². The van der Waals surface area contributed by atoms with E-state index < -0.39 is 0 Å². The molecule has 1 aliphatic rings. The van der Waals surface area contributed by atoms with Crippen LogP contribution in [0.15, 0.2) is 18.5 Å². The number of benzene rings is 1. The monoisotopic (exact) mass is 381 g/mol. The van der Waals surface area contributed by atoms with Crippen molar-refractivity contribution in [3.63, 3.8) is 0 Å². The highest BCUT2D eigenvalue weighted by Gasteiger charge is 2.24. The molecule has 0 bridgehead atoms. The molecule has 0 N–H and O–H groups in total. The first-order valence-corrected chi connectivity index (χ1v) is 9.69. The van der Waals surface area contributed by atoms with Crippen LogP contribution in [-0.4, -0.2) is 40.3 Å². The van der Waals surface area contributed by atoms with Crippen molar-refractivity contribution in [1.29, 1.82) is 0 Å². The van der Waals surface area contributed by atoms with E-state index in [1.807, 2.05) is 11.4 Å². The fraction of sp³-hybridized carbons (Fsp3) is 0.476. The number of aromatic nitrogens is 4. The highest BCUT2D eigenvalue weighted by molar-refractivity contribution is 5.72. The molecule has 0 saturated carbocycles. The number of hydrogen-bond acceptors (Lipinski definition) is 6. The third kappa shape index (κ3) is 3.15. The van der Waals surface area contributed by atoms with E-state index in [9.17, 15) is 0 Å². The quantitative estimate of drug-likeness (QED) is 0.676. The topological polar surface area (TPSA) is 64.8 Å². The van der Waals surface area contributed by atoms with E-state index in [1.54, 1.807) is 20.5 Å². The fourth-order valence-electron chi connectivity index (χ4n) is 3.96. The molecule has 0 spiro atoms. The summed E-state index contributed by atoms with van der Waals surface area (Å²) in [4.78, 5) is 11.8. The Hall–Kier alpha value is -2.83. The van der Waals surface area contributed by atoms with Gasteiger partial charge in [0, 0.05) is 13.1 Å². The lowest BCUT2D eigenvalue weighted by molar-refractivity contribution is 0.353. The maximum atomic E-state index is 5.50. The number of ether oxygens (including phenoxy) is 2. The first-order chi connectivity index (χ1) is 13.5. The van der Waals surface area contributed by atoms with Crippen molar-refractivity contribution in [2.75, 3.05) is 25.7 Å². The van der Waals surface area contributed by atoms with Crippen LogP contribution in [0.3, 0.4) is 0 Å². The van der Waals surface area contributed by atoms with Gasteiger partial charge in [0.25, 0.3) is 0 Å². The molecular weight excluding hydrogens is 354 g/mol. The SMILES string of the molecule is COc1cc2c(cc1OC)CN(c1ncnn3c(C)nc(CC(C)C)c13)CC2. The summed E-state index contributed by atoms with van der Waals surface area (Å²) in [5.74, 6) is 3.91. The molecule has 0 unspecified atom stereocenters. The largest absolute Gasteiger partial charge is 0.493 e. The molecule has 0 radical (unpaired) electrons. The molecule has 3 heterocycles. The average Bonchev–Trinajstić information content (AvgIpc) is 3.01. The average molecular weight is 381 g/mol. The first kappa shape index (κ1) is 18.5. The van der Waals surface area contributed by atoms with Crippen molar-refractivity contribution in [2.45, 2.75) is 40.2 Å². The van der Waals surface area contributed by atoms with Crippen LogP contribution in [0.4, 0.5) is 5.82 Å². The number of aryl methyl sites for hydroxylation is 1. The molecule has 0 saturated heterocycles. The lowest BCUT2D eigenvalue weighted by atomic mass is 9.98. The summed E-state index contributed by atoms with van der Waals surface area (Å²) < 4.78 is 12.9. The van der Waals surface area contributed by atoms with Gasteiger partial charge in [-0.3, -0.25) is 0 Å². The minimum absolute atomic E-state index is 0.518. The summed E-state index contributed by atoms with van der Waals surface area (Å²) in [5.41, 5.74) is 4.63. The molecule has 4 rings (SSSR count). The predicted octanol–water partition coefficient (Wildman–Crippen LogP) is 3.21. The highest BCUT2D eigenvalue weighted by atomic mass is 16.5. The lowest BCUT2D eigenvalue weighted by Gasteiger charge is -2.30. The molecule has 1 aliphatic heterocycles. The second kappa shape index (κ2) is 7.30. The van der Waals surface area contributed by atoms with Crippen molar-refractivity contribution in [2.24, 2.45) is 5.92 Å². The van der Waals surface area contributed by atoms with Crippen LogP contribution in [0.1, 0.15) is 36.5 Å². The Balaban J connectivity index is 1.76. The van der Waals surface area contributed by atoms with Crippen LogP contribution >= 0.6 is 0 Å². The number of rotatable bonds is 5. The normalized spacial score (nSPS) is 13.9. The summed E-state index contributed by atoms with van der Waals surface area (Å²) in [5, 5.41) is 4.44. The molecule has 7 heteroatoms. The maximum Gasteiger partial charge on any atom is 0.161 e. The van der Waals surface area contributed by atoms with Crippen molar-refractivity contribution in [3.8, 4) is 11.5 Å². The molecule has 2 aromatic heterocycles. The van der Waals surface area contributed by atoms with Crippen LogP contribution in [-0.2, 0) is 19.4 Å². The van der Waals surface area contributed by atoms with Crippen LogP contribution in [0, 0.1) is 12.8 Å². The Morgan fingerprint density at radius 3 is 2.50 bits per heavy atom. The minimum atomic E-state index is 0.518. The Morgan fingerprint density at radius 2 is 1.82 bits per heavy atom. The Morgan fingerprint density at radius 1 is 1.11 bits per heavy atom. The number of nitrogens with zero attached hydrogens (tertiary/aromatic N) is 5. The third-order valence-corrected chi connectivity index (χ3v) is 5.27. The molecule has 28 heavy (non-hydrogen) atoms. The highest BCUT2D eigenvalue weighted by Crippen LogP contribution is 2.35. The summed E-state index contributed by atoms with van der Waals surface area (Å²) >= 11 is 0. The Bertz CT molecular complexity index is 1010. The van der Waals surface area contributed by atoms with E-state index in [0.29, 0.717) is 5.92 Å². The maximum absolute atomic E-state index is 5.50. The van der Waals surface area contributed by atoms with E-state index in [-0.39, 0.29) is 0 Å². The number of methoxy groups -OCH3 is 2. The zero-order valence-electron chi connectivity index (χ0n) is 17.2. The molecule has 3 aromatic rings. The van der Waals surface area contributed by atoms with Gasteiger partial charge in [0.05, 0.1) is 19.9 Å². The molecular formula is C21H27N5O2. The standard InChI is InChI=1S/C21H27N5O2/c1-13(2)8-17-20-21(22-12-23-26(20)14(3)24-17)25-7-6-15-9-18(27-4)19(28-5)10-16(15)11-25/h9-10,12-13H,6-8,11H2,1-5H3. The van der Waals surface area contributed by atoms with Gasteiger partial charge in [-0.05, 0) is 48.9 Å². The first-order valence-electron chi connectivity index (χ1n) is 9.69. The van der Waals surface area contributed by atoms with Crippen LogP contribution < -0.4 is 14.4 Å². The van der Waals surface area contributed by atoms with E-state index in [0.717, 1.165) is 60.3 Å². The van der Waals surface area contributed by atoms with Gasteiger partial charge in [-0.2, -0.15) is 5.10 Å².